The van der Waals surface area contributed by atoms with Crippen molar-refractivity contribution in [1.29, 1.82) is 0 Å². The molecule has 0 atom stereocenters. The Morgan fingerprint density at radius 3 is 2.49 bits per heavy atom. The maximum absolute atomic E-state index is 13.1. The SMILES string of the molecule is COc1ccc(OC)c(NC(=O)c2oc3c(c2C)/C(=N/Nc2ccc([N+](=O)[O-])cc2[N+](=O)[O-])CCC3)c1. The van der Waals surface area contributed by atoms with Gasteiger partial charge in [-0.15, -0.1) is 0 Å². The molecule has 1 aliphatic rings. The van der Waals surface area contributed by atoms with Gasteiger partial charge in [-0.05, 0) is 38.0 Å². The van der Waals surface area contributed by atoms with Crippen LogP contribution in [0.4, 0.5) is 22.7 Å². The number of nitro groups is 2. The fraction of sp³-hybridized carbons (Fsp3) is 0.250. The molecule has 0 unspecified atom stereocenters. The van der Waals surface area contributed by atoms with Crippen molar-refractivity contribution in [2.24, 2.45) is 5.10 Å². The number of non-ortho nitro benzene ring substituents is 1. The quantitative estimate of drug-likeness (QED) is 0.319. The Labute approximate surface area is 210 Å². The average molecular weight is 509 g/mol. The Morgan fingerprint density at radius 2 is 1.81 bits per heavy atom. The van der Waals surface area contributed by atoms with Gasteiger partial charge in [0, 0.05) is 29.7 Å². The first kappa shape index (κ1) is 25.2. The van der Waals surface area contributed by atoms with Crippen LogP contribution in [-0.2, 0) is 6.42 Å². The van der Waals surface area contributed by atoms with Crippen molar-refractivity contribution in [3.8, 4) is 11.5 Å². The smallest absolute Gasteiger partial charge is 0.301 e. The summed E-state index contributed by atoms with van der Waals surface area (Å²) in [6, 6.07) is 8.25. The van der Waals surface area contributed by atoms with Gasteiger partial charge in [0.25, 0.3) is 11.6 Å². The van der Waals surface area contributed by atoms with E-state index < -0.39 is 27.1 Å². The number of hydrogen-bond donors (Lipinski definition) is 2. The summed E-state index contributed by atoms with van der Waals surface area (Å²) in [6.07, 6.45) is 1.81. The zero-order chi connectivity index (χ0) is 26.7. The molecule has 0 fully saturated rings. The molecule has 0 saturated carbocycles. The number of carbonyl (C=O) groups excluding carboxylic acids is 1. The minimum Gasteiger partial charge on any atom is -0.497 e. The highest BCUT2D eigenvalue weighted by Crippen LogP contribution is 2.34. The summed E-state index contributed by atoms with van der Waals surface area (Å²) in [5, 5.41) is 29.5. The van der Waals surface area contributed by atoms with Crippen LogP contribution in [0.15, 0.2) is 45.9 Å². The molecule has 13 heteroatoms. The fourth-order valence-electron chi connectivity index (χ4n) is 4.09. The normalized spacial score (nSPS) is 13.5. The lowest BCUT2D eigenvalue weighted by atomic mass is 9.93. The van der Waals surface area contributed by atoms with Gasteiger partial charge in [0.1, 0.15) is 22.9 Å². The molecule has 0 aliphatic heterocycles. The van der Waals surface area contributed by atoms with Crippen LogP contribution in [0, 0.1) is 27.2 Å². The minimum atomic E-state index is -0.722. The second-order valence-corrected chi connectivity index (χ2v) is 8.11. The Kier molecular flexibility index (Phi) is 7.04. The van der Waals surface area contributed by atoms with Gasteiger partial charge in [-0.25, -0.2) is 0 Å². The number of fused-ring (bicyclic) bond motifs is 1. The summed E-state index contributed by atoms with van der Waals surface area (Å²) in [5.41, 5.74) is 3.93. The number of ether oxygens (including phenoxy) is 2. The zero-order valence-electron chi connectivity index (χ0n) is 20.2. The first-order valence-corrected chi connectivity index (χ1v) is 11.1. The van der Waals surface area contributed by atoms with Crippen LogP contribution < -0.4 is 20.2 Å². The summed E-state index contributed by atoms with van der Waals surface area (Å²) in [4.78, 5) is 34.1. The lowest BCUT2D eigenvalue weighted by molar-refractivity contribution is -0.393. The van der Waals surface area contributed by atoms with Crippen molar-refractivity contribution >= 4 is 34.4 Å². The predicted octanol–water partition coefficient (Wildman–Crippen LogP) is 4.83. The summed E-state index contributed by atoms with van der Waals surface area (Å²) < 4.78 is 16.5. The Balaban J connectivity index is 1.63. The summed E-state index contributed by atoms with van der Waals surface area (Å²) in [5.74, 6) is 1.17. The number of anilines is 2. The second kappa shape index (κ2) is 10.4. The lowest BCUT2D eigenvalue weighted by Gasteiger charge is -2.14. The van der Waals surface area contributed by atoms with Gasteiger partial charge >= 0.3 is 5.69 Å². The van der Waals surface area contributed by atoms with Gasteiger partial charge in [-0.2, -0.15) is 5.10 Å². The third-order valence-electron chi connectivity index (χ3n) is 5.89. The molecule has 192 valence electrons. The molecule has 0 saturated heterocycles. The van der Waals surface area contributed by atoms with Crippen LogP contribution in [0.5, 0.6) is 11.5 Å². The minimum absolute atomic E-state index is 0.000502. The fourth-order valence-corrected chi connectivity index (χ4v) is 4.09. The number of benzene rings is 2. The van der Waals surface area contributed by atoms with Crippen LogP contribution in [0.3, 0.4) is 0 Å². The first-order valence-electron chi connectivity index (χ1n) is 11.1. The Bertz CT molecular complexity index is 1430. The number of nitro benzene ring substituents is 2. The molecule has 4 rings (SSSR count). The van der Waals surface area contributed by atoms with E-state index in [-0.39, 0.29) is 11.4 Å². The molecule has 0 spiro atoms. The molecule has 37 heavy (non-hydrogen) atoms. The number of aryl methyl sites for hydroxylation is 1. The molecule has 3 aromatic rings. The number of carbonyl (C=O) groups is 1. The number of furan rings is 1. The van der Waals surface area contributed by atoms with Crippen LogP contribution in [0.1, 0.15) is 40.3 Å². The van der Waals surface area contributed by atoms with Crippen molar-refractivity contribution in [1.82, 2.24) is 0 Å². The van der Waals surface area contributed by atoms with Crippen LogP contribution in [-0.4, -0.2) is 35.7 Å². The van der Waals surface area contributed by atoms with Crippen LogP contribution in [0.2, 0.25) is 0 Å². The van der Waals surface area contributed by atoms with Crippen LogP contribution >= 0.6 is 0 Å². The number of nitrogens with zero attached hydrogens (tertiary/aromatic N) is 3. The Morgan fingerprint density at radius 1 is 1.03 bits per heavy atom. The molecule has 1 amide bonds. The lowest BCUT2D eigenvalue weighted by Crippen LogP contribution is -2.15. The Hall–Kier alpha value is -4.94. The van der Waals surface area contributed by atoms with E-state index in [1.807, 2.05) is 0 Å². The van der Waals surface area contributed by atoms with E-state index in [4.69, 9.17) is 13.9 Å². The first-order chi connectivity index (χ1) is 17.7. The van der Waals surface area contributed by atoms with Crippen molar-refractivity contribution in [3.05, 3.63) is 79.3 Å². The van der Waals surface area contributed by atoms with Crippen molar-refractivity contribution in [2.75, 3.05) is 25.0 Å². The second-order valence-electron chi connectivity index (χ2n) is 8.11. The summed E-state index contributed by atoms with van der Waals surface area (Å²) in [7, 11) is 3.00. The van der Waals surface area contributed by atoms with E-state index in [1.165, 1.54) is 20.3 Å². The molecule has 0 radical (unpaired) electrons. The number of methoxy groups -OCH3 is 2. The van der Waals surface area contributed by atoms with E-state index in [1.54, 1.807) is 25.1 Å². The van der Waals surface area contributed by atoms with Gasteiger partial charge in [-0.1, -0.05) is 0 Å². The number of hydrazone groups is 1. The maximum atomic E-state index is 13.1. The topological polar surface area (TPSA) is 171 Å². The van der Waals surface area contributed by atoms with Gasteiger partial charge in [0.2, 0.25) is 0 Å². The zero-order valence-corrected chi connectivity index (χ0v) is 20.2. The molecule has 0 bridgehead atoms. The van der Waals surface area contributed by atoms with Gasteiger partial charge in [0.15, 0.2) is 5.76 Å². The van der Waals surface area contributed by atoms with Crippen molar-refractivity contribution in [2.45, 2.75) is 26.2 Å². The summed E-state index contributed by atoms with van der Waals surface area (Å²) in [6.45, 7) is 1.73. The van der Waals surface area contributed by atoms with Gasteiger partial charge < -0.3 is 19.2 Å². The van der Waals surface area contributed by atoms with Crippen LogP contribution in [0.25, 0.3) is 0 Å². The highest BCUT2D eigenvalue weighted by atomic mass is 16.6. The van der Waals surface area contributed by atoms with Crippen molar-refractivity contribution < 1.29 is 28.5 Å². The summed E-state index contributed by atoms with van der Waals surface area (Å²) >= 11 is 0. The van der Waals surface area contributed by atoms with Crippen molar-refractivity contribution in [3.63, 3.8) is 0 Å². The van der Waals surface area contributed by atoms with Gasteiger partial charge in [-0.3, -0.25) is 30.4 Å². The average Bonchev–Trinajstić information content (AvgIpc) is 3.24. The highest BCUT2D eigenvalue weighted by molar-refractivity contribution is 6.09. The number of amides is 1. The van der Waals surface area contributed by atoms with Gasteiger partial charge in [0.05, 0.1) is 41.5 Å². The third-order valence-corrected chi connectivity index (χ3v) is 5.89. The van der Waals surface area contributed by atoms with E-state index >= 15 is 0 Å². The number of rotatable bonds is 8. The molecular formula is C24H23N5O8. The molecule has 1 aliphatic carbocycles. The van der Waals surface area contributed by atoms with E-state index in [0.29, 0.717) is 59.0 Å². The standard InChI is InChI=1S/C24H23N5O8/c1-13-22-17(27-26-16-9-7-14(28(31)32)11-19(16)29(33)34)5-4-6-21(22)37-23(13)24(30)25-18-12-15(35-2)8-10-20(18)36-3/h7-12,26H,4-6H2,1-3H3,(H,25,30)/b27-17+. The predicted molar refractivity (Wildman–Crippen MR) is 134 cm³/mol. The molecule has 2 aromatic carbocycles. The largest absolute Gasteiger partial charge is 0.497 e. The van der Waals surface area contributed by atoms with E-state index in [2.05, 4.69) is 15.8 Å². The molecular weight excluding hydrogens is 486 g/mol. The number of nitrogens with one attached hydrogen (secondary N) is 2. The maximum Gasteiger partial charge on any atom is 0.301 e. The third kappa shape index (κ3) is 5.05. The molecule has 1 aromatic heterocycles. The highest BCUT2D eigenvalue weighted by Gasteiger charge is 2.29. The van der Waals surface area contributed by atoms with E-state index in [9.17, 15) is 25.0 Å². The number of hydrogen-bond acceptors (Lipinski definition) is 10. The molecule has 13 nitrogen and oxygen atoms in total. The van der Waals surface area contributed by atoms with E-state index in [0.717, 1.165) is 12.1 Å². The molecule has 2 N–H and O–H groups in total. The molecule has 1 heterocycles. The monoisotopic (exact) mass is 509 g/mol.